The SMILES string of the molecule is CCC(OC)C(Cc1cc(F)ccc1Cl)NN. The lowest BCUT2D eigenvalue weighted by Gasteiger charge is -2.24. The van der Waals surface area contributed by atoms with Gasteiger partial charge in [-0.05, 0) is 36.6 Å². The van der Waals surface area contributed by atoms with Crippen LogP contribution in [0.5, 0.6) is 0 Å². The summed E-state index contributed by atoms with van der Waals surface area (Å²) in [5.41, 5.74) is 3.42. The van der Waals surface area contributed by atoms with E-state index in [-0.39, 0.29) is 18.0 Å². The summed E-state index contributed by atoms with van der Waals surface area (Å²) in [5.74, 6) is 5.19. The maximum absolute atomic E-state index is 13.1. The van der Waals surface area contributed by atoms with Crippen LogP contribution in [0.3, 0.4) is 0 Å². The first-order chi connectivity index (χ1) is 8.12. The fraction of sp³-hybridized carbons (Fsp3) is 0.500. The molecule has 5 heteroatoms. The Hall–Kier alpha value is -0.680. The van der Waals surface area contributed by atoms with Gasteiger partial charge in [0.05, 0.1) is 12.1 Å². The molecule has 0 amide bonds. The zero-order chi connectivity index (χ0) is 12.8. The molecule has 3 nitrogen and oxygen atoms in total. The zero-order valence-corrected chi connectivity index (χ0v) is 10.8. The highest BCUT2D eigenvalue weighted by atomic mass is 35.5. The normalized spacial score (nSPS) is 14.6. The molecule has 0 aromatic heterocycles. The van der Waals surface area contributed by atoms with Crippen molar-refractivity contribution >= 4 is 11.6 Å². The highest BCUT2D eigenvalue weighted by Gasteiger charge is 2.20. The lowest BCUT2D eigenvalue weighted by Crippen LogP contribution is -2.46. The lowest BCUT2D eigenvalue weighted by molar-refractivity contribution is 0.0653. The van der Waals surface area contributed by atoms with Crippen molar-refractivity contribution in [2.75, 3.05) is 7.11 Å². The molecule has 2 unspecified atom stereocenters. The summed E-state index contributed by atoms with van der Waals surface area (Å²) in [5, 5.41) is 0.539. The number of nitrogens with one attached hydrogen (secondary N) is 1. The zero-order valence-electron chi connectivity index (χ0n) is 10.0. The van der Waals surface area contributed by atoms with Gasteiger partial charge in [-0.1, -0.05) is 18.5 Å². The number of hydrogen-bond acceptors (Lipinski definition) is 3. The maximum atomic E-state index is 13.1. The van der Waals surface area contributed by atoms with Crippen molar-refractivity contribution in [1.82, 2.24) is 5.43 Å². The predicted molar refractivity (Wildman–Crippen MR) is 67.3 cm³/mol. The van der Waals surface area contributed by atoms with Gasteiger partial charge < -0.3 is 4.74 Å². The highest BCUT2D eigenvalue weighted by Crippen LogP contribution is 2.20. The van der Waals surface area contributed by atoms with E-state index in [0.717, 1.165) is 12.0 Å². The Morgan fingerprint density at radius 2 is 2.24 bits per heavy atom. The van der Waals surface area contributed by atoms with Crippen LogP contribution in [0.15, 0.2) is 18.2 Å². The summed E-state index contributed by atoms with van der Waals surface area (Å²) >= 11 is 6.01. The van der Waals surface area contributed by atoms with Crippen molar-refractivity contribution in [1.29, 1.82) is 0 Å². The Bertz CT molecular complexity index is 358. The molecule has 1 aromatic rings. The van der Waals surface area contributed by atoms with Crippen LogP contribution in [0, 0.1) is 5.82 Å². The number of rotatable bonds is 6. The molecule has 0 fully saturated rings. The average Bonchev–Trinajstić information content (AvgIpc) is 2.33. The van der Waals surface area contributed by atoms with E-state index in [2.05, 4.69) is 5.43 Å². The molecule has 3 N–H and O–H groups in total. The van der Waals surface area contributed by atoms with Gasteiger partial charge in [-0.2, -0.15) is 0 Å². The van der Waals surface area contributed by atoms with E-state index in [0.29, 0.717) is 11.4 Å². The van der Waals surface area contributed by atoms with Crippen molar-refractivity contribution in [2.45, 2.75) is 31.9 Å². The summed E-state index contributed by atoms with van der Waals surface area (Å²) in [6.45, 7) is 2.01. The minimum Gasteiger partial charge on any atom is -0.380 e. The second-order valence-electron chi connectivity index (χ2n) is 3.90. The minimum absolute atomic E-state index is 0.0284. The Labute approximate surface area is 106 Å². The van der Waals surface area contributed by atoms with Gasteiger partial charge in [0, 0.05) is 12.1 Å². The van der Waals surface area contributed by atoms with E-state index in [1.54, 1.807) is 13.2 Å². The molecule has 0 saturated carbocycles. The van der Waals surface area contributed by atoms with Crippen molar-refractivity contribution < 1.29 is 9.13 Å². The number of benzene rings is 1. The van der Waals surface area contributed by atoms with Gasteiger partial charge in [0.2, 0.25) is 0 Å². The molecule has 1 rings (SSSR count). The molecule has 96 valence electrons. The molecule has 0 bridgehead atoms. The Balaban J connectivity index is 2.83. The second kappa shape index (κ2) is 6.91. The highest BCUT2D eigenvalue weighted by molar-refractivity contribution is 6.31. The molecule has 1 aromatic carbocycles. The van der Waals surface area contributed by atoms with Gasteiger partial charge in [0.15, 0.2) is 0 Å². The van der Waals surface area contributed by atoms with Crippen LogP contribution in [0.1, 0.15) is 18.9 Å². The van der Waals surface area contributed by atoms with Crippen LogP contribution in [-0.2, 0) is 11.2 Å². The van der Waals surface area contributed by atoms with Crippen molar-refractivity contribution in [2.24, 2.45) is 5.84 Å². The number of nitrogens with two attached hydrogens (primary N) is 1. The van der Waals surface area contributed by atoms with Gasteiger partial charge in [-0.15, -0.1) is 0 Å². The first kappa shape index (κ1) is 14.4. The molecule has 17 heavy (non-hydrogen) atoms. The van der Waals surface area contributed by atoms with Crippen LogP contribution in [0.25, 0.3) is 0 Å². The third-order valence-electron chi connectivity index (χ3n) is 2.82. The summed E-state index contributed by atoms with van der Waals surface area (Å²) in [4.78, 5) is 0. The van der Waals surface area contributed by atoms with Crippen molar-refractivity contribution in [3.8, 4) is 0 Å². The molecular weight excluding hydrogens is 243 g/mol. The quantitative estimate of drug-likeness (QED) is 0.609. The topological polar surface area (TPSA) is 47.3 Å². The number of ether oxygens (including phenoxy) is 1. The monoisotopic (exact) mass is 260 g/mol. The molecule has 0 aliphatic heterocycles. The summed E-state index contributed by atoms with van der Waals surface area (Å²) in [6, 6.07) is 4.22. The van der Waals surface area contributed by atoms with E-state index >= 15 is 0 Å². The summed E-state index contributed by atoms with van der Waals surface area (Å²) in [7, 11) is 1.63. The molecule has 0 saturated heterocycles. The first-order valence-corrected chi connectivity index (χ1v) is 5.93. The van der Waals surface area contributed by atoms with E-state index in [1.807, 2.05) is 6.92 Å². The Morgan fingerprint density at radius 1 is 1.53 bits per heavy atom. The minimum atomic E-state index is -0.300. The summed E-state index contributed by atoms with van der Waals surface area (Å²) in [6.07, 6.45) is 1.32. The molecule has 0 aliphatic rings. The molecule has 0 heterocycles. The van der Waals surface area contributed by atoms with Crippen LogP contribution in [-0.4, -0.2) is 19.3 Å². The van der Waals surface area contributed by atoms with Crippen LogP contribution < -0.4 is 11.3 Å². The maximum Gasteiger partial charge on any atom is 0.123 e. The molecular formula is C12H18ClFN2O. The van der Waals surface area contributed by atoms with E-state index < -0.39 is 0 Å². The van der Waals surface area contributed by atoms with Crippen molar-refractivity contribution in [3.63, 3.8) is 0 Å². The van der Waals surface area contributed by atoms with Gasteiger partial charge in [-0.3, -0.25) is 11.3 Å². The number of hydrazine groups is 1. The predicted octanol–water partition coefficient (Wildman–Crippen LogP) is 2.28. The van der Waals surface area contributed by atoms with E-state index in [1.165, 1.54) is 12.1 Å². The van der Waals surface area contributed by atoms with Crippen LogP contribution >= 0.6 is 11.6 Å². The number of hydrogen-bond donors (Lipinski definition) is 2. The standard InChI is InChI=1S/C12H18ClFN2O/c1-3-12(17-2)11(16-15)7-8-6-9(14)4-5-10(8)13/h4-6,11-12,16H,3,7,15H2,1-2H3. The molecule has 2 atom stereocenters. The third-order valence-corrected chi connectivity index (χ3v) is 3.18. The second-order valence-corrected chi connectivity index (χ2v) is 4.30. The smallest absolute Gasteiger partial charge is 0.123 e. The Kier molecular flexibility index (Phi) is 5.85. The largest absolute Gasteiger partial charge is 0.380 e. The van der Waals surface area contributed by atoms with Crippen LogP contribution in [0.4, 0.5) is 4.39 Å². The number of methoxy groups -OCH3 is 1. The van der Waals surface area contributed by atoms with Crippen molar-refractivity contribution in [3.05, 3.63) is 34.6 Å². The summed E-state index contributed by atoms with van der Waals surface area (Å²) < 4.78 is 18.4. The van der Waals surface area contributed by atoms with E-state index in [9.17, 15) is 4.39 Å². The van der Waals surface area contributed by atoms with Gasteiger partial charge in [0.1, 0.15) is 5.82 Å². The molecule has 0 spiro atoms. The molecule has 0 aliphatic carbocycles. The third kappa shape index (κ3) is 3.92. The van der Waals surface area contributed by atoms with E-state index in [4.69, 9.17) is 22.2 Å². The Morgan fingerprint density at radius 3 is 2.76 bits per heavy atom. The molecule has 0 radical (unpaired) electrons. The lowest BCUT2D eigenvalue weighted by atomic mass is 10.00. The number of halogens is 2. The fourth-order valence-corrected chi connectivity index (χ4v) is 2.04. The van der Waals surface area contributed by atoms with Gasteiger partial charge in [0.25, 0.3) is 0 Å². The first-order valence-electron chi connectivity index (χ1n) is 5.55. The fourth-order valence-electron chi connectivity index (χ4n) is 1.85. The average molecular weight is 261 g/mol. The van der Waals surface area contributed by atoms with Gasteiger partial charge in [-0.25, -0.2) is 4.39 Å². The van der Waals surface area contributed by atoms with Crippen LogP contribution in [0.2, 0.25) is 5.02 Å². The van der Waals surface area contributed by atoms with Gasteiger partial charge >= 0.3 is 0 Å².